The third-order valence-corrected chi connectivity index (χ3v) is 7.56. The lowest BCUT2D eigenvalue weighted by Gasteiger charge is -2.08. The number of imidazole rings is 1. The van der Waals surface area contributed by atoms with Crippen LogP contribution in [0.25, 0.3) is 0 Å². The molecule has 0 amide bonds. The minimum absolute atomic E-state index is 0.129. The Bertz CT molecular complexity index is 671. The van der Waals surface area contributed by atoms with Crippen LogP contribution in [0.5, 0.6) is 0 Å². The van der Waals surface area contributed by atoms with Gasteiger partial charge in [-0.3, -0.25) is 4.57 Å². The normalized spacial score (nSPS) is 22.5. The highest BCUT2D eigenvalue weighted by Crippen LogP contribution is 2.47. The fourth-order valence-corrected chi connectivity index (χ4v) is 6.86. The van der Waals surface area contributed by atoms with Gasteiger partial charge in [-0.25, -0.2) is 9.37 Å². The van der Waals surface area contributed by atoms with Crippen LogP contribution in [0.15, 0.2) is 43.0 Å². The summed E-state index contributed by atoms with van der Waals surface area (Å²) >= 11 is 0. The van der Waals surface area contributed by atoms with Crippen molar-refractivity contribution in [1.82, 2.24) is 9.55 Å². The van der Waals surface area contributed by atoms with Crippen molar-refractivity contribution in [1.29, 1.82) is 5.26 Å². The van der Waals surface area contributed by atoms with Crippen LogP contribution >= 0.6 is 20.3 Å². The summed E-state index contributed by atoms with van der Waals surface area (Å²) in [6.07, 6.45) is 5.15. The van der Waals surface area contributed by atoms with Gasteiger partial charge in [0.25, 0.3) is 0 Å². The maximum atomic E-state index is 13.0. The smallest absolute Gasteiger partial charge is 0.160 e. The van der Waals surface area contributed by atoms with E-state index in [0.717, 1.165) is 22.1 Å². The van der Waals surface area contributed by atoms with Crippen molar-refractivity contribution in [3.8, 4) is 6.07 Å². The van der Waals surface area contributed by atoms with Crippen molar-refractivity contribution in [3.05, 3.63) is 54.4 Å². The lowest BCUT2D eigenvalue weighted by molar-refractivity contribution is 0.626. The second-order valence-corrected chi connectivity index (χ2v) is 8.33. The molecule has 20 heavy (non-hydrogen) atoms. The molecule has 0 bridgehead atoms. The van der Waals surface area contributed by atoms with Crippen LogP contribution in [-0.2, 0) is 0 Å². The molecule has 1 aliphatic heterocycles. The Morgan fingerprint density at radius 1 is 1.45 bits per heavy atom. The third-order valence-electron chi connectivity index (χ3n) is 3.16. The summed E-state index contributed by atoms with van der Waals surface area (Å²) in [5, 5.41) is 9.36. The standard InChI is InChI=1S/C14H12FN3S2/c15-13-3-1-11(2-4-13)12-8-19-20(9-12)14(7-16)18-6-5-17-10-18/h1-6,10,12H,8-9H2/t12-,20?/m1/s1. The van der Waals surface area contributed by atoms with E-state index < -0.39 is 0 Å². The first-order valence-electron chi connectivity index (χ1n) is 6.13. The van der Waals surface area contributed by atoms with Gasteiger partial charge in [0, 0.05) is 29.8 Å². The van der Waals surface area contributed by atoms with Gasteiger partial charge < -0.3 is 0 Å². The van der Waals surface area contributed by atoms with E-state index >= 15 is 0 Å². The Labute approximate surface area is 122 Å². The average Bonchev–Trinajstić information content (AvgIpc) is 3.12. The molecule has 0 N–H and O–H groups in total. The predicted molar refractivity (Wildman–Crippen MR) is 82.3 cm³/mol. The first kappa shape index (κ1) is 13.4. The van der Waals surface area contributed by atoms with Crippen molar-refractivity contribution in [2.24, 2.45) is 0 Å². The Hall–Kier alpha value is -1.58. The van der Waals surface area contributed by atoms with Crippen LogP contribution in [-0.4, -0.2) is 26.0 Å². The highest BCUT2D eigenvalue weighted by molar-refractivity contribution is 8.84. The second kappa shape index (κ2) is 5.81. The quantitative estimate of drug-likeness (QED) is 0.600. The molecule has 0 saturated carbocycles. The number of nitriles is 1. The van der Waals surface area contributed by atoms with Crippen molar-refractivity contribution in [2.75, 3.05) is 11.5 Å². The predicted octanol–water partition coefficient (Wildman–Crippen LogP) is 3.24. The Balaban J connectivity index is 1.86. The Morgan fingerprint density at radius 3 is 2.90 bits per heavy atom. The molecule has 1 unspecified atom stereocenters. The summed E-state index contributed by atoms with van der Waals surface area (Å²) in [7, 11) is 1.68. The molecule has 2 aromatic rings. The minimum atomic E-state index is -0.207. The highest BCUT2D eigenvalue weighted by atomic mass is 33.1. The molecular weight excluding hydrogens is 293 g/mol. The van der Waals surface area contributed by atoms with Gasteiger partial charge in [-0.15, -0.1) is 0 Å². The van der Waals surface area contributed by atoms with E-state index in [1.165, 1.54) is 12.1 Å². The van der Waals surface area contributed by atoms with E-state index in [1.54, 1.807) is 34.1 Å². The van der Waals surface area contributed by atoms with Gasteiger partial charge in [0.05, 0.1) is 0 Å². The fraction of sp³-hybridized carbons (Fsp3) is 0.214. The third kappa shape index (κ3) is 2.65. The number of rotatable bonds is 1. The molecule has 0 radical (unpaired) electrons. The van der Waals surface area contributed by atoms with E-state index in [-0.39, 0.29) is 15.3 Å². The molecule has 2 heterocycles. The number of aromatic nitrogens is 2. The maximum Gasteiger partial charge on any atom is 0.160 e. The molecule has 3 nitrogen and oxygen atoms in total. The van der Waals surface area contributed by atoms with Gasteiger partial charge in [0.15, 0.2) is 4.99 Å². The number of benzene rings is 1. The Morgan fingerprint density at radius 2 is 2.25 bits per heavy atom. The van der Waals surface area contributed by atoms with Crippen LogP contribution in [0.3, 0.4) is 0 Å². The molecule has 1 aliphatic rings. The molecule has 102 valence electrons. The van der Waals surface area contributed by atoms with Crippen molar-refractivity contribution in [3.63, 3.8) is 0 Å². The van der Waals surface area contributed by atoms with Crippen molar-refractivity contribution < 1.29 is 4.39 Å². The molecule has 0 spiro atoms. The summed E-state index contributed by atoms with van der Waals surface area (Å²) in [4.78, 5) is 4.74. The lowest BCUT2D eigenvalue weighted by Crippen LogP contribution is -2.07. The van der Waals surface area contributed by atoms with Crippen LogP contribution < -0.4 is 0 Å². The fourth-order valence-electron chi connectivity index (χ4n) is 2.11. The van der Waals surface area contributed by atoms with Crippen LogP contribution in [0.1, 0.15) is 11.5 Å². The van der Waals surface area contributed by atoms with Crippen molar-refractivity contribution >= 4 is 25.3 Å². The summed E-state index contributed by atoms with van der Waals surface area (Å²) in [5.41, 5.74) is 1.15. The average molecular weight is 305 g/mol. The molecule has 2 atom stereocenters. The zero-order valence-electron chi connectivity index (χ0n) is 10.6. The van der Waals surface area contributed by atoms with Crippen LogP contribution in [0, 0.1) is 17.1 Å². The molecule has 1 saturated heterocycles. The molecule has 0 aliphatic carbocycles. The van der Waals surface area contributed by atoms with E-state index in [0.29, 0.717) is 5.92 Å². The summed E-state index contributed by atoms with van der Waals surface area (Å²) in [5.74, 6) is 2.07. The van der Waals surface area contributed by atoms with Crippen LogP contribution in [0.2, 0.25) is 0 Å². The van der Waals surface area contributed by atoms with Gasteiger partial charge in [0.1, 0.15) is 18.2 Å². The van der Waals surface area contributed by atoms with Gasteiger partial charge in [-0.1, -0.05) is 32.4 Å². The SMILES string of the molecule is N#C/C(n1ccnc1)=S1\C[C@H](c2ccc(F)cc2)CS1. The Kier molecular flexibility index (Phi) is 3.90. The summed E-state index contributed by atoms with van der Waals surface area (Å²) < 4.78 is 14.8. The van der Waals surface area contributed by atoms with Gasteiger partial charge in [0.2, 0.25) is 0 Å². The van der Waals surface area contributed by atoms with E-state index in [2.05, 4.69) is 11.1 Å². The maximum absolute atomic E-state index is 13.0. The number of nitrogens with zero attached hydrogens (tertiary/aromatic N) is 3. The van der Waals surface area contributed by atoms with Crippen LogP contribution in [0.4, 0.5) is 4.39 Å². The van der Waals surface area contributed by atoms with E-state index in [9.17, 15) is 9.65 Å². The lowest BCUT2D eigenvalue weighted by atomic mass is 10.0. The number of hydrogen-bond acceptors (Lipinski definition) is 3. The number of halogens is 1. The second-order valence-electron chi connectivity index (χ2n) is 4.43. The summed E-state index contributed by atoms with van der Waals surface area (Å²) in [6.45, 7) is 0. The number of hydrogen-bond donors (Lipinski definition) is 0. The van der Waals surface area contributed by atoms with E-state index in [1.807, 2.05) is 12.1 Å². The van der Waals surface area contributed by atoms with E-state index in [4.69, 9.17) is 0 Å². The largest absolute Gasteiger partial charge is 0.292 e. The molecule has 1 aromatic heterocycles. The zero-order chi connectivity index (χ0) is 13.9. The topological polar surface area (TPSA) is 41.6 Å². The zero-order valence-corrected chi connectivity index (χ0v) is 12.2. The highest BCUT2D eigenvalue weighted by Gasteiger charge is 2.24. The monoisotopic (exact) mass is 305 g/mol. The molecule has 6 heteroatoms. The minimum Gasteiger partial charge on any atom is -0.292 e. The molecule has 1 fully saturated rings. The molecular formula is C14H12FN3S2. The van der Waals surface area contributed by atoms with Crippen molar-refractivity contribution in [2.45, 2.75) is 5.92 Å². The van der Waals surface area contributed by atoms with Gasteiger partial charge in [-0.05, 0) is 17.7 Å². The van der Waals surface area contributed by atoms with Gasteiger partial charge >= 0.3 is 0 Å². The first-order chi connectivity index (χ1) is 9.78. The molecule has 1 aromatic carbocycles. The molecule has 3 rings (SSSR count). The summed E-state index contributed by atoms with van der Waals surface area (Å²) in [6, 6.07) is 8.99. The van der Waals surface area contributed by atoms with Gasteiger partial charge in [-0.2, -0.15) is 5.26 Å². The first-order valence-corrected chi connectivity index (χ1v) is 9.02.